The normalized spacial score (nSPS) is 11.4. The van der Waals surface area contributed by atoms with Gasteiger partial charge in [-0.05, 0) is 24.0 Å². The zero-order chi connectivity index (χ0) is 17.9. The van der Waals surface area contributed by atoms with Crippen LogP contribution in [0.2, 0.25) is 0 Å². The van der Waals surface area contributed by atoms with Crippen LogP contribution in [0.15, 0.2) is 64.5 Å². The van der Waals surface area contributed by atoms with Crippen LogP contribution in [-0.4, -0.2) is 36.9 Å². The van der Waals surface area contributed by atoms with Crippen LogP contribution in [-0.2, 0) is 6.54 Å². The summed E-state index contributed by atoms with van der Waals surface area (Å²) >= 11 is 3.48. The lowest BCUT2D eigenvalue weighted by molar-refractivity contribution is 0.764. The molecule has 0 aliphatic heterocycles. The van der Waals surface area contributed by atoms with Gasteiger partial charge in [0.25, 0.3) is 5.56 Å². The Kier molecular flexibility index (Phi) is 4.99. The van der Waals surface area contributed by atoms with Crippen molar-refractivity contribution in [3.8, 4) is 0 Å². The second-order valence-electron chi connectivity index (χ2n) is 5.85. The van der Waals surface area contributed by atoms with Crippen molar-refractivity contribution in [1.82, 2.24) is 19.2 Å². The van der Waals surface area contributed by atoms with Crippen molar-refractivity contribution in [3.63, 3.8) is 0 Å². The Labute approximate surface area is 159 Å². The molecule has 26 heavy (non-hydrogen) atoms. The van der Waals surface area contributed by atoms with Gasteiger partial charge in [-0.1, -0.05) is 54.2 Å². The molecule has 132 valence electrons. The van der Waals surface area contributed by atoms with Gasteiger partial charge < -0.3 is 0 Å². The molecule has 0 spiro atoms. The van der Waals surface area contributed by atoms with Crippen LogP contribution in [0.5, 0.6) is 0 Å². The molecule has 2 aromatic heterocycles. The van der Waals surface area contributed by atoms with Crippen LogP contribution in [0.1, 0.15) is 5.56 Å². The molecular weight excluding hydrogens is 364 g/mol. The second-order valence-corrected chi connectivity index (χ2v) is 7.90. The summed E-state index contributed by atoms with van der Waals surface area (Å²) in [6, 6.07) is 17.6. The van der Waals surface area contributed by atoms with E-state index in [1.807, 2.05) is 59.0 Å². The number of hydrogen-bond acceptors (Lipinski definition) is 5. The lowest BCUT2D eigenvalue weighted by Crippen LogP contribution is -2.24. The van der Waals surface area contributed by atoms with E-state index in [0.29, 0.717) is 17.7 Å². The molecule has 0 saturated carbocycles. The summed E-state index contributed by atoms with van der Waals surface area (Å²) in [7, 11) is 0. The molecule has 0 amide bonds. The Morgan fingerprint density at radius 1 is 0.962 bits per heavy atom. The van der Waals surface area contributed by atoms with Crippen LogP contribution in [0.25, 0.3) is 16.7 Å². The maximum atomic E-state index is 13.1. The molecule has 0 saturated heterocycles. The van der Waals surface area contributed by atoms with Crippen LogP contribution in [0.3, 0.4) is 0 Å². The predicted octanol–water partition coefficient (Wildman–Crippen LogP) is 3.55. The van der Waals surface area contributed by atoms with E-state index in [-0.39, 0.29) is 5.56 Å². The summed E-state index contributed by atoms with van der Waals surface area (Å²) < 4.78 is 3.72. The zero-order valence-electron chi connectivity index (χ0n) is 14.3. The quantitative estimate of drug-likeness (QED) is 0.377. The predicted molar refractivity (Wildman–Crippen MR) is 109 cm³/mol. The van der Waals surface area contributed by atoms with Crippen molar-refractivity contribution < 1.29 is 0 Å². The summed E-state index contributed by atoms with van der Waals surface area (Å²) in [6.07, 6.45) is 2.09. The third-order valence-corrected chi connectivity index (χ3v) is 5.98. The molecule has 4 aromatic rings. The van der Waals surface area contributed by atoms with Crippen LogP contribution < -0.4 is 5.56 Å². The van der Waals surface area contributed by atoms with E-state index >= 15 is 0 Å². The Bertz CT molecular complexity index is 1110. The number of benzene rings is 2. The standard InChI is InChI=1S/C19H18N4OS2/c1-25-11-12-26-19-21-20-18-22(13-14-7-3-2-4-8-14)17(24)15-9-5-6-10-16(15)23(18)19/h2-10H,11-13H2,1H3. The molecule has 0 aliphatic rings. The summed E-state index contributed by atoms with van der Waals surface area (Å²) in [4.78, 5) is 13.1. The molecule has 0 N–H and O–H groups in total. The number of fused-ring (bicyclic) bond motifs is 3. The van der Waals surface area contributed by atoms with Gasteiger partial charge in [-0.15, -0.1) is 10.2 Å². The first-order valence-corrected chi connectivity index (χ1v) is 10.7. The highest BCUT2D eigenvalue weighted by Gasteiger charge is 2.16. The zero-order valence-corrected chi connectivity index (χ0v) is 16.0. The number of thioether (sulfide) groups is 2. The van der Waals surface area contributed by atoms with Crippen molar-refractivity contribution in [2.75, 3.05) is 17.8 Å². The Balaban J connectivity index is 1.92. The summed E-state index contributed by atoms with van der Waals surface area (Å²) in [5.41, 5.74) is 1.88. The smallest absolute Gasteiger partial charge is 0.263 e. The average molecular weight is 383 g/mol. The lowest BCUT2D eigenvalue weighted by atomic mass is 10.2. The van der Waals surface area contributed by atoms with Crippen LogP contribution in [0, 0.1) is 0 Å². The fraction of sp³-hybridized carbons (Fsp3) is 0.211. The number of rotatable bonds is 6. The van der Waals surface area contributed by atoms with Crippen molar-refractivity contribution in [1.29, 1.82) is 0 Å². The van der Waals surface area contributed by atoms with Crippen molar-refractivity contribution in [2.24, 2.45) is 0 Å². The Morgan fingerprint density at radius 3 is 2.54 bits per heavy atom. The van der Waals surface area contributed by atoms with Crippen molar-refractivity contribution in [2.45, 2.75) is 11.7 Å². The number of nitrogens with zero attached hydrogens (tertiary/aromatic N) is 4. The van der Waals surface area contributed by atoms with E-state index in [9.17, 15) is 4.79 Å². The van der Waals surface area contributed by atoms with Gasteiger partial charge in [-0.2, -0.15) is 11.8 Å². The monoisotopic (exact) mass is 382 g/mol. The number of aromatic nitrogens is 4. The first kappa shape index (κ1) is 17.2. The van der Waals surface area contributed by atoms with Crippen molar-refractivity contribution in [3.05, 3.63) is 70.5 Å². The first-order valence-electron chi connectivity index (χ1n) is 8.32. The fourth-order valence-corrected chi connectivity index (χ4v) is 4.54. The van der Waals surface area contributed by atoms with Gasteiger partial charge in [0.1, 0.15) is 0 Å². The number of para-hydroxylation sites is 1. The molecule has 0 atom stereocenters. The maximum Gasteiger partial charge on any atom is 0.263 e. The van der Waals surface area contributed by atoms with Crippen LogP contribution in [0.4, 0.5) is 0 Å². The molecule has 0 fully saturated rings. The number of hydrogen-bond donors (Lipinski definition) is 0. The van der Waals surface area contributed by atoms with Gasteiger partial charge in [-0.3, -0.25) is 13.8 Å². The minimum Gasteiger partial charge on any atom is -0.272 e. The van der Waals surface area contributed by atoms with Crippen LogP contribution >= 0.6 is 23.5 Å². The van der Waals surface area contributed by atoms with E-state index in [1.165, 1.54) is 0 Å². The highest BCUT2D eigenvalue weighted by atomic mass is 32.2. The molecule has 5 nitrogen and oxygen atoms in total. The molecule has 0 radical (unpaired) electrons. The second kappa shape index (κ2) is 7.55. The highest BCUT2D eigenvalue weighted by molar-refractivity contribution is 8.02. The third-order valence-electron chi connectivity index (χ3n) is 4.18. The SMILES string of the molecule is CSCCSc1nnc2n(Cc3ccccc3)c(=O)c3ccccc3n12. The first-order chi connectivity index (χ1) is 12.8. The summed E-state index contributed by atoms with van der Waals surface area (Å²) in [5, 5.41) is 10.2. The van der Waals surface area contributed by atoms with E-state index in [0.717, 1.165) is 27.7 Å². The third kappa shape index (κ3) is 3.12. The van der Waals surface area contributed by atoms with Gasteiger partial charge >= 0.3 is 0 Å². The maximum absolute atomic E-state index is 13.1. The van der Waals surface area contributed by atoms with E-state index in [1.54, 1.807) is 28.1 Å². The summed E-state index contributed by atoms with van der Waals surface area (Å²) in [6.45, 7) is 0.474. The molecule has 0 aliphatic carbocycles. The van der Waals surface area contributed by atoms with Gasteiger partial charge in [0.15, 0.2) is 5.16 Å². The minimum atomic E-state index is -0.0370. The van der Waals surface area contributed by atoms with Gasteiger partial charge in [0, 0.05) is 11.5 Å². The minimum absolute atomic E-state index is 0.0370. The lowest BCUT2D eigenvalue weighted by Gasteiger charge is -2.11. The Morgan fingerprint density at radius 2 is 1.73 bits per heavy atom. The van der Waals surface area contributed by atoms with Gasteiger partial charge in [0.05, 0.1) is 17.4 Å². The molecule has 0 unspecified atom stereocenters. The topological polar surface area (TPSA) is 52.2 Å². The average Bonchev–Trinajstić information content (AvgIpc) is 3.10. The fourth-order valence-electron chi connectivity index (χ4n) is 2.95. The largest absolute Gasteiger partial charge is 0.272 e. The summed E-state index contributed by atoms with van der Waals surface area (Å²) in [5.74, 6) is 2.58. The van der Waals surface area contributed by atoms with Crippen molar-refractivity contribution >= 4 is 40.2 Å². The van der Waals surface area contributed by atoms with E-state index in [4.69, 9.17) is 0 Å². The molecule has 2 heterocycles. The molecule has 0 bridgehead atoms. The van der Waals surface area contributed by atoms with E-state index < -0.39 is 0 Å². The van der Waals surface area contributed by atoms with Gasteiger partial charge in [-0.25, -0.2) is 0 Å². The van der Waals surface area contributed by atoms with Gasteiger partial charge in [0.2, 0.25) is 5.78 Å². The highest BCUT2D eigenvalue weighted by Crippen LogP contribution is 2.22. The Hall–Kier alpha value is -2.25. The molecular formula is C19H18N4OS2. The molecule has 4 rings (SSSR count). The molecule has 2 aromatic carbocycles. The molecule has 7 heteroatoms. The van der Waals surface area contributed by atoms with E-state index in [2.05, 4.69) is 16.5 Å².